The molecule has 0 radical (unpaired) electrons. The number of amides is 1. The molecule has 0 aromatic heterocycles. The highest BCUT2D eigenvalue weighted by Gasteiger charge is 2.32. The number of nitrogens with one attached hydrogen (secondary N) is 1. The van der Waals surface area contributed by atoms with E-state index in [2.05, 4.69) is 5.32 Å². The lowest BCUT2D eigenvalue weighted by Crippen LogP contribution is -2.46. The molecule has 0 unspecified atom stereocenters. The zero-order chi connectivity index (χ0) is 23.3. The fourth-order valence-corrected chi connectivity index (χ4v) is 5.82. The van der Waals surface area contributed by atoms with Gasteiger partial charge in [0.1, 0.15) is 12.4 Å². The number of carbonyl (C=O) groups excluding carboxylic acids is 1. The van der Waals surface area contributed by atoms with Gasteiger partial charge in [0.05, 0.1) is 18.2 Å². The first-order valence-corrected chi connectivity index (χ1v) is 12.9. The van der Waals surface area contributed by atoms with E-state index in [0.29, 0.717) is 48.1 Å². The number of rotatable bonds is 8. The van der Waals surface area contributed by atoms with Gasteiger partial charge < -0.3 is 10.1 Å². The molecule has 2 aromatic carbocycles. The number of hydrogen-bond acceptors (Lipinski definition) is 4. The average molecular weight is 499 g/mol. The highest BCUT2D eigenvalue weighted by Crippen LogP contribution is 2.26. The van der Waals surface area contributed by atoms with Crippen molar-refractivity contribution in [2.24, 2.45) is 5.92 Å². The minimum absolute atomic E-state index is 0.155. The molecule has 3 rings (SSSR count). The third-order valence-electron chi connectivity index (χ3n) is 5.65. The molecule has 9 heteroatoms. The molecule has 1 saturated heterocycles. The van der Waals surface area contributed by atoms with Crippen molar-refractivity contribution in [3.05, 3.63) is 63.1 Å². The van der Waals surface area contributed by atoms with E-state index in [4.69, 9.17) is 27.9 Å². The summed E-state index contributed by atoms with van der Waals surface area (Å²) in [6.45, 7) is 5.32. The molecule has 6 nitrogen and oxygen atoms in total. The fourth-order valence-electron chi connectivity index (χ4n) is 3.63. The molecule has 2 aromatic rings. The van der Waals surface area contributed by atoms with Gasteiger partial charge in [-0.3, -0.25) is 4.79 Å². The molecule has 174 valence electrons. The van der Waals surface area contributed by atoms with Crippen molar-refractivity contribution < 1.29 is 17.9 Å². The molecule has 0 saturated carbocycles. The Kier molecular flexibility index (Phi) is 8.44. The van der Waals surface area contributed by atoms with E-state index in [1.54, 1.807) is 12.1 Å². The summed E-state index contributed by atoms with van der Waals surface area (Å²) < 4.78 is 32.9. The van der Waals surface area contributed by atoms with Crippen LogP contribution >= 0.6 is 23.2 Å². The predicted molar refractivity (Wildman–Crippen MR) is 128 cm³/mol. The first-order chi connectivity index (χ1) is 15.2. The second-order valence-electron chi connectivity index (χ2n) is 8.07. The Balaban J connectivity index is 1.50. The maximum Gasteiger partial charge on any atom is 0.224 e. The number of aryl methyl sites for hydroxylation is 2. The molecule has 1 heterocycles. The Bertz CT molecular complexity index is 1080. The maximum atomic E-state index is 12.9. The van der Waals surface area contributed by atoms with Crippen LogP contribution in [0.5, 0.6) is 5.75 Å². The van der Waals surface area contributed by atoms with E-state index >= 15 is 0 Å². The van der Waals surface area contributed by atoms with Gasteiger partial charge in [-0.2, -0.15) is 0 Å². The van der Waals surface area contributed by atoms with E-state index in [1.807, 2.05) is 32.0 Å². The first kappa shape index (κ1) is 24.8. The summed E-state index contributed by atoms with van der Waals surface area (Å²) in [5.74, 6) is -0.00156. The van der Waals surface area contributed by atoms with Gasteiger partial charge in [0, 0.05) is 23.1 Å². The SMILES string of the molecule is Cc1ccc(OCCNC(=O)[C@@H]2CCCN(S(=O)(=O)Cc3ccc(Cl)cc3Cl)C2)cc1C. The normalized spacial score (nSPS) is 17.2. The van der Waals surface area contributed by atoms with Gasteiger partial charge in [-0.05, 0) is 67.6 Å². The Morgan fingerprint density at radius 1 is 1.16 bits per heavy atom. The van der Waals surface area contributed by atoms with E-state index in [9.17, 15) is 13.2 Å². The molecule has 1 aliphatic heterocycles. The van der Waals surface area contributed by atoms with E-state index < -0.39 is 10.0 Å². The van der Waals surface area contributed by atoms with Gasteiger partial charge in [0.2, 0.25) is 15.9 Å². The Morgan fingerprint density at radius 3 is 2.66 bits per heavy atom. The number of ether oxygens (including phenoxy) is 1. The van der Waals surface area contributed by atoms with Crippen LogP contribution < -0.4 is 10.1 Å². The standard InChI is InChI=1S/C23H28Cl2N2O4S/c1-16-5-8-21(12-17(16)2)31-11-9-26-23(28)18-4-3-10-27(14-18)32(29,30)15-19-6-7-20(24)13-22(19)25/h5-8,12-13,18H,3-4,9-11,14-15H2,1-2H3,(H,26,28)/t18-/m1/s1. The molecule has 1 amide bonds. The van der Waals surface area contributed by atoms with Crippen LogP contribution in [0.3, 0.4) is 0 Å². The summed E-state index contributed by atoms with van der Waals surface area (Å²) in [5.41, 5.74) is 2.84. The van der Waals surface area contributed by atoms with Crippen LogP contribution in [-0.2, 0) is 20.6 Å². The molecule has 32 heavy (non-hydrogen) atoms. The minimum Gasteiger partial charge on any atom is -0.492 e. The van der Waals surface area contributed by atoms with Gasteiger partial charge in [-0.1, -0.05) is 35.3 Å². The summed E-state index contributed by atoms with van der Waals surface area (Å²) in [4.78, 5) is 12.6. The molecule has 1 N–H and O–H groups in total. The van der Waals surface area contributed by atoms with Crippen LogP contribution in [0, 0.1) is 19.8 Å². The Morgan fingerprint density at radius 2 is 1.94 bits per heavy atom. The summed E-state index contributed by atoms with van der Waals surface area (Å²) >= 11 is 12.0. The number of nitrogens with zero attached hydrogens (tertiary/aromatic N) is 1. The third kappa shape index (κ3) is 6.61. The molecule has 0 bridgehead atoms. The third-order valence-corrected chi connectivity index (χ3v) is 8.03. The van der Waals surface area contributed by atoms with Crippen LogP contribution in [-0.4, -0.2) is 44.9 Å². The van der Waals surface area contributed by atoms with Gasteiger partial charge >= 0.3 is 0 Å². The maximum absolute atomic E-state index is 12.9. The number of hydrogen-bond donors (Lipinski definition) is 1. The molecular weight excluding hydrogens is 471 g/mol. The van der Waals surface area contributed by atoms with Crippen molar-refractivity contribution in [1.82, 2.24) is 9.62 Å². The molecule has 1 fully saturated rings. The number of benzene rings is 2. The lowest BCUT2D eigenvalue weighted by molar-refractivity contribution is -0.126. The van der Waals surface area contributed by atoms with Crippen LogP contribution in [0.4, 0.5) is 0 Å². The lowest BCUT2D eigenvalue weighted by atomic mass is 9.99. The summed E-state index contributed by atoms with van der Waals surface area (Å²) in [6, 6.07) is 10.6. The summed E-state index contributed by atoms with van der Waals surface area (Å²) in [7, 11) is -3.61. The van der Waals surface area contributed by atoms with Crippen LogP contribution in [0.2, 0.25) is 10.0 Å². The lowest BCUT2D eigenvalue weighted by Gasteiger charge is -2.31. The largest absolute Gasteiger partial charge is 0.492 e. The quantitative estimate of drug-likeness (QED) is 0.549. The molecule has 0 aliphatic carbocycles. The number of carbonyl (C=O) groups is 1. The van der Waals surface area contributed by atoms with E-state index in [-0.39, 0.29) is 24.1 Å². The molecule has 1 aliphatic rings. The zero-order valence-electron chi connectivity index (χ0n) is 18.2. The van der Waals surface area contributed by atoms with E-state index in [1.165, 1.54) is 15.9 Å². The van der Waals surface area contributed by atoms with Crippen molar-refractivity contribution in [2.45, 2.75) is 32.4 Å². The van der Waals surface area contributed by atoms with Gasteiger partial charge in [0.15, 0.2) is 0 Å². The number of halogens is 2. The average Bonchev–Trinajstić information content (AvgIpc) is 2.75. The second-order valence-corrected chi connectivity index (χ2v) is 10.9. The molecule has 0 spiro atoms. The van der Waals surface area contributed by atoms with Gasteiger partial charge in [0.25, 0.3) is 0 Å². The molecule has 1 atom stereocenters. The van der Waals surface area contributed by atoms with Gasteiger partial charge in [-0.25, -0.2) is 12.7 Å². The Labute approximate surface area is 199 Å². The van der Waals surface area contributed by atoms with Crippen molar-refractivity contribution in [1.29, 1.82) is 0 Å². The fraction of sp³-hybridized carbons (Fsp3) is 0.435. The zero-order valence-corrected chi connectivity index (χ0v) is 20.6. The monoisotopic (exact) mass is 498 g/mol. The van der Waals surface area contributed by atoms with Crippen molar-refractivity contribution >= 4 is 39.1 Å². The summed E-state index contributed by atoms with van der Waals surface area (Å²) in [6.07, 6.45) is 1.28. The molecular formula is C23H28Cl2N2O4S. The highest BCUT2D eigenvalue weighted by molar-refractivity contribution is 7.88. The minimum atomic E-state index is -3.61. The van der Waals surface area contributed by atoms with Gasteiger partial charge in [-0.15, -0.1) is 0 Å². The first-order valence-electron chi connectivity index (χ1n) is 10.6. The van der Waals surface area contributed by atoms with E-state index in [0.717, 1.165) is 11.3 Å². The van der Waals surface area contributed by atoms with Crippen LogP contribution in [0.1, 0.15) is 29.5 Å². The topological polar surface area (TPSA) is 75.7 Å². The number of piperidine rings is 1. The van der Waals surface area contributed by atoms with Crippen molar-refractivity contribution in [3.63, 3.8) is 0 Å². The predicted octanol–water partition coefficient (Wildman–Crippen LogP) is 4.35. The summed E-state index contributed by atoms with van der Waals surface area (Å²) in [5, 5.41) is 3.63. The van der Waals surface area contributed by atoms with Crippen molar-refractivity contribution in [3.8, 4) is 5.75 Å². The Hall–Kier alpha value is -1.80. The van der Waals surface area contributed by atoms with Crippen molar-refractivity contribution in [2.75, 3.05) is 26.2 Å². The van der Waals surface area contributed by atoms with Crippen LogP contribution in [0.25, 0.3) is 0 Å². The second kappa shape index (κ2) is 10.9. The van der Waals surface area contributed by atoms with Crippen LogP contribution in [0.15, 0.2) is 36.4 Å². The smallest absolute Gasteiger partial charge is 0.224 e. The highest BCUT2D eigenvalue weighted by atomic mass is 35.5. The number of sulfonamides is 1.